The van der Waals surface area contributed by atoms with Crippen LogP contribution in [0.3, 0.4) is 0 Å². The van der Waals surface area contributed by atoms with Gasteiger partial charge in [0.1, 0.15) is 13.3 Å². The Labute approximate surface area is 316 Å². The molecule has 0 saturated heterocycles. The molecule has 4 unspecified atom stereocenters. The van der Waals surface area contributed by atoms with Crippen molar-refractivity contribution < 1.29 is 13.6 Å². The number of hydrogen-bond donors (Lipinski definition) is 2. The molecule has 6 rings (SSSR count). The molecule has 2 heterocycles. The number of Topliss-reactive ketones (excluding diaryl/α,β-unsaturated/α-hetero) is 1. The monoisotopic (exact) mass is 722 g/mol. The summed E-state index contributed by atoms with van der Waals surface area (Å²) < 4.78 is 31.6. The number of carbonyl (C=O) groups is 1. The molecule has 54 heavy (non-hydrogen) atoms. The Kier molecular flexibility index (Phi) is 11.6. The first kappa shape index (κ1) is 38.3. The van der Waals surface area contributed by atoms with Crippen LogP contribution in [0.15, 0.2) is 97.1 Å². The zero-order chi connectivity index (χ0) is 38.7. The number of hydrogen-bond acceptors (Lipinski definition) is 5. The van der Waals surface area contributed by atoms with Crippen LogP contribution >= 0.6 is 0 Å². The highest BCUT2D eigenvalue weighted by atomic mass is 19.1. The average molecular weight is 723 g/mol. The Hall–Kier alpha value is -5.43. The van der Waals surface area contributed by atoms with Crippen LogP contribution in [0.1, 0.15) is 86.0 Å². The molecule has 0 aliphatic carbocycles. The first-order chi connectivity index (χ1) is 26.0. The largest absolute Gasteiger partial charge is 0.304 e. The number of pyridine rings is 2. The maximum absolute atomic E-state index is 15.8. The van der Waals surface area contributed by atoms with Crippen molar-refractivity contribution >= 4 is 39.0 Å². The minimum Gasteiger partial charge on any atom is -0.304 e. The summed E-state index contributed by atoms with van der Waals surface area (Å²) in [5.74, 6) is -3.20. The highest BCUT2D eigenvalue weighted by molar-refractivity contribution is 6.09. The van der Waals surface area contributed by atoms with Gasteiger partial charge in [-0.05, 0) is 107 Å². The Morgan fingerprint density at radius 2 is 0.981 bits per heavy atom. The number of alkyl halides is 2. The van der Waals surface area contributed by atoms with Crippen molar-refractivity contribution in [1.29, 1.82) is 10.8 Å². The molecular formula is C47H48F2N4O. The number of nitrogens with one attached hydrogen (secondary N) is 2. The zero-order valence-electron chi connectivity index (χ0n) is 31.9. The smallest absolute Gasteiger partial charge is 0.153 e. The number of halogens is 2. The van der Waals surface area contributed by atoms with Crippen LogP contribution in [-0.4, -0.2) is 40.5 Å². The van der Waals surface area contributed by atoms with E-state index in [4.69, 9.17) is 20.8 Å². The molecule has 0 fully saturated rings. The number of fused-ring (bicyclic) bond motifs is 2. The number of rotatable bonds is 14. The molecule has 0 radical (unpaired) electrons. The zero-order valence-corrected chi connectivity index (χ0v) is 31.9. The van der Waals surface area contributed by atoms with Crippen molar-refractivity contribution in [3.05, 3.63) is 131 Å². The minimum absolute atomic E-state index is 0.0281. The normalized spacial score (nSPS) is 13.8. The van der Waals surface area contributed by atoms with Gasteiger partial charge < -0.3 is 10.8 Å². The molecule has 4 aromatic carbocycles. The lowest BCUT2D eigenvalue weighted by molar-refractivity contribution is -0.122. The van der Waals surface area contributed by atoms with E-state index in [1.807, 2.05) is 125 Å². The van der Waals surface area contributed by atoms with E-state index in [-0.39, 0.29) is 11.8 Å². The van der Waals surface area contributed by atoms with E-state index in [0.29, 0.717) is 66.9 Å². The van der Waals surface area contributed by atoms with E-state index in [0.717, 1.165) is 35.1 Å². The van der Waals surface area contributed by atoms with E-state index in [2.05, 4.69) is 0 Å². The lowest BCUT2D eigenvalue weighted by Crippen LogP contribution is -2.27. The summed E-state index contributed by atoms with van der Waals surface area (Å²) in [6, 6.07) is 30.5. The van der Waals surface area contributed by atoms with Gasteiger partial charge in [0.05, 0.1) is 22.9 Å². The second kappa shape index (κ2) is 16.3. The van der Waals surface area contributed by atoms with Gasteiger partial charge in [-0.3, -0.25) is 14.8 Å². The van der Waals surface area contributed by atoms with Crippen molar-refractivity contribution in [1.82, 2.24) is 9.97 Å². The molecule has 0 amide bonds. The molecule has 276 valence electrons. The summed E-state index contributed by atoms with van der Waals surface area (Å²) in [6.45, 7) is 9.58. The number of nitrogens with zero attached hydrogens (tertiary/aromatic N) is 2. The average Bonchev–Trinajstić information content (AvgIpc) is 3.20. The number of benzene rings is 4. The third-order valence-electron chi connectivity index (χ3n) is 11.1. The lowest BCUT2D eigenvalue weighted by Gasteiger charge is -2.27. The van der Waals surface area contributed by atoms with Crippen LogP contribution < -0.4 is 0 Å². The van der Waals surface area contributed by atoms with Crippen molar-refractivity contribution in [2.24, 2.45) is 11.8 Å². The van der Waals surface area contributed by atoms with Gasteiger partial charge in [0, 0.05) is 33.6 Å². The summed E-state index contributed by atoms with van der Waals surface area (Å²) >= 11 is 0. The van der Waals surface area contributed by atoms with Gasteiger partial charge >= 0.3 is 0 Å². The van der Waals surface area contributed by atoms with E-state index < -0.39 is 31.0 Å². The van der Waals surface area contributed by atoms with E-state index in [1.165, 1.54) is 0 Å². The molecule has 0 bridgehead atoms. The van der Waals surface area contributed by atoms with Crippen molar-refractivity contribution in [2.45, 2.75) is 66.2 Å². The van der Waals surface area contributed by atoms with E-state index >= 15 is 13.6 Å². The summed E-state index contributed by atoms with van der Waals surface area (Å²) in [7, 11) is 0. The number of aromatic nitrogens is 2. The molecule has 2 N–H and O–H groups in total. The maximum atomic E-state index is 15.8. The van der Waals surface area contributed by atoms with Gasteiger partial charge in [-0.25, -0.2) is 8.78 Å². The number of ketones is 1. The van der Waals surface area contributed by atoms with E-state index in [1.54, 1.807) is 13.8 Å². The van der Waals surface area contributed by atoms with Crippen LogP contribution in [-0.2, 0) is 4.79 Å². The highest BCUT2D eigenvalue weighted by Crippen LogP contribution is 2.44. The van der Waals surface area contributed by atoms with Crippen molar-refractivity contribution in [2.75, 3.05) is 13.3 Å². The van der Waals surface area contributed by atoms with Crippen molar-refractivity contribution in [3.8, 4) is 22.3 Å². The molecule has 2 aromatic heterocycles. The molecular weight excluding hydrogens is 675 g/mol. The lowest BCUT2D eigenvalue weighted by atomic mass is 9.77. The van der Waals surface area contributed by atoms with Crippen molar-refractivity contribution in [3.63, 3.8) is 0 Å². The van der Waals surface area contributed by atoms with Crippen LogP contribution in [0.5, 0.6) is 0 Å². The van der Waals surface area contributed by atoms with Crippen LogP contribution in [0.2, 0.25) is 0 Å². The fraction of sp³-hybridized carbons (Fsp3) is 0.298. The molecule has 0 saturated carbocycles. The van der Waals surface area contributed by atoms with Gasteiger partial charge in [0.25, 0.3) is 0 Å². The fourth-order valence-electron chi connectivity index (χ4n) is 7.63. The van der Waals surface area contributed by atoms with Crippen LogP contribution in [0.25, 0.3) is 44.1 Å². The Morgan fingerprint density at radius 1 is 0.611 bits per heavy atom. The number of aryl methyl sites for hydroxylation is 2. The van der Waals surface area contributed by atoms with Gasteiger partial charge in [-0.15, -0.1) is 0 Å². The SMILES string of the molecule is CCC(C)C(=N)c1ccc2nc(C)c(C(CF)C(=O)C(CF)c3c(C)nc4ccc(C(=N)C(C)CC)cc4c3-c3ccccc3)c(-c3ccccc3)c2c1. The summed E-state index contributed by atoms with van der Waals surface area (Å²) in [5.41, 5.74) is 8.50. The molecule has 7 heteroatoms. The Morgan fingerprint density at radius 3 is 1.31 bits per heavy atom. The predicted octanol–water partition coefficient (Wildman–Crippen LogP) is 11.9. The number of carbonyl (C=O) groups excluding carboxylic acids is 1. The summed E-state index contributed by atoms with van der Waals surface area (Å²) in [6.07, 6.45) is 1.61. The topological polar surface area (TPSA) is 90.6 Å². The molecule has 5 nitrogen and oxygen atoms in total. The van der Waals surface area contributed by atoms with Crippen LogP contribution in [0, 0.1) is 36.5 Å². The third-order valence-corrected chi connectivity index (χ3v) is 11.1. The third kappa shape index (κ3) is 7.12. The molecule has 6 aromatic rings. The molecule has 0 aliphatic rings. The Bertz CT molecular complexity index is 2190. The minimum atomic E-state index is -1.33. The maximum Gasteiger partial charge on any atom is 0.153 e. The summed E-state index contributed by atoms with van der Waals surface area (Å²) in [4.78, 5) is 24.8. The van der Waals surface area contributed by atoms with Gasteiger partial charge in [0.15, 0.2) is 5.78 Å². The van der Waals surface area contributed by atoms with Gasteiger partial charge in [-0.1, -0.05) is 100 Å². The fourth-order valence-corrected chi connectivity index (χ4v) is 7.63. The molecule has 0 spiro atoms. The second-order valence-electron chi connectivity index (χ2n) is 14.4. The summed E-state index contributed by atoms with van der Waals surface area (Å²) in [5, 5.41) is 19.2. The predicted molar refractivity (Wildman–Crippen MR) is 219 cm³/mol. The second-order valence-corrected chi connectivity index (χ2v) is 14.4. The van der Waals surface area contributed by atoms with E-state index in [9.17, 15) is 0 Å². The molecule has 0 aliphatic heterocycles. The quantitative estimate of drug-likeness (QED) is 0.110. The first-order valence-electron chi connectivity index (χ1n) is 18.9. The first-order valence-corrected chi connectivity index (χ1v) is 18.9. The van der Waals surface area contributed by atoms with Crippen LogP contribution in [0.4, 0.5) is 8.78 Å². The van der Waals surface area contributed by atoms with Gasteiger partial charge in [0.2, 0.25) is 0 Å². The highest BCUT2D eigenvalue weighted by Gasteiger charge is 2.36. The Balaban J connectivity index is 1.60. The standard InChI is InChI=1S/C47H48F2N4O/c1-7-27(3)45(50)33-19-21-39-35(23-33)43(31-15-11-9-12-16-31)41(29(5)52-39)37(25-48)47(54)38(26-49)42-30(6)53-40-22-20-34(46(51)28(4)8-2)24-36(40)44(42)32-17-13-10-14-18-32/h9-24,27-28,37-38,50-51H,7-8,25-26H2,1-6H3. The van der Waals surface area contributed by atoms with Gasteiger partial charge in [-0.2, -0.15) is 0 Å². The molecule has 4 atom stereocenters.